The third-order valence-electron chi connectivity index (χ3n) is 2.05. The molecule has 1 aliphatic heterocycles. The van der Waals surface area contributed by atoms with Crippen LogP contribution in [0.25, 0.3) is 0 Å². The number of esters is 1. The van der Waals surface area contributed by atoms with Gasteiger partial charge >= 0.3 is 5.97 Å². The summed E-state index contributed by atoms with van der Waals surface area (Å²) in [4.78, 5) is 10.7. The second kappa shape index (κ2) is 4.56. The summed E-state index contributed by atoms with van der Waals surface area (Å²) in [5.41, 5.74) is 0. The highest BCUT2D eigenvalue weighted by molar-refractivity contribution is 5.66. The topological polar surface area (TPSA) is 35.5 Å². The summed E-state index contributed by atoms with van der Waals surface area (Å²) in [5, 5.41) is 0. The quantitative estimate of drug-likeness (QED) is 0.618. The minimum atomic E-state index is -0.512. The molecule has 0 amide bonds. The van der Waals surface area contributed by atoms with Crippen molar-refractivity contribution in [3.05, 3.63) is 0 Å². The largest absolute Gasteiger partial charge is 0.462 e. The maximum atomic E-state index is 12.3. The number of halogens is 1. The molecule has 0 N–H and O–H groups in total. The molecule has 4 heteroatoms. The molecular weight excluding hydrogens is 175 g/mol. The molecule has 0 spiro atoms. The Morgan fingerprint density at radius 2 is 2.31 bits per heavy atom. The van der Waals surface area contributed by atoms with Gasteiger partial charge in [0.1, 0.15) is 12.8 Å². The average Bonchev–Trinajstić information content (AvgIpc) is 2.01. The molecule has 3 atom stereocenters. The molecule has 0 aliphatic carbocycles. The molecule has 1 rings (SSSR count). The van der Waals surface area contributed by atoms with Crippen molar-refractivity contribution in [3.8, 4) is 0 Å². The zero-order valence-corrected chi connectivity index (χ0v) is 7.96. The highest BCUT2D eigenvalue weighted by Gasteiger charge is 2.28. The molecule has 1 saturated heterocycles. The molecule has 0 bridgehead atoms. The first-order valence-electron chi connectivity index (χ1n) is 4.50. The normalized spacial score (nSPS) is 34.2. The van der Waals surface area contributed by atoms with Crippen molar-refractivity contribution >= 4 is 5.97 Å². The predicted octanol–water partition coefficient (Wildman–Crippen LogP) is 1.46. The van der Waals surface area contributed by atoms with Crippen LogP contribution in [0.2, 0.25) is 0 Å². The van der Waals surface area contributed by atoms with E-state index in [1.165, 1.54) is 6.92 Å². The van der Waals surface area contributed by atoms with Crippen LogP contribution in [0, 0.1) is 0 Å². The van der Waals surface area contributed by atoms with Crippen LogP contribution in [0.5, 0.6) is 0 Å². The Bertz CT molecular complexity index is 184. The van der Waals surface area contributed by atoms with Gasteiger partial charge in [-0.05, 0) is 6.92 Å². The van der Waals surface area contributed by atoms with Crippen molar-refractivity contribution in [1.82, 2.24) is 0 Å². The average molecular weight is 190 g/mol. The standard InChI is InChI=1S/C9H15FO3/c1-6-3-8(13-7(2)11)4-9(5-10)12-6/h6,8-9H,3-5H2,1-2H3. The third kappa shape index (κ3) is 3.30. The molecule has 3 nitrogen and oxygen atoms in total. The number of carbonyl (C=O) groups is 1. The summed E-state index contributed by atoms with van der Waals surface area (Å²) in [5.74, 6) is -0.309. The predicted molar refractivity (Wildman–Crippen MR) is 45.1 cm³/mol. The molecule has 0 saturated carbocycles. The molecule has 0 radical (unpaired) electrons. The van der Waals surface area contributed by atoms with Gasteiger partial charge in [0.2, 0.25) is 0 Å². The van der Waals surface area contributed by atoms with Crippen LogP contribution in [0.1, 0.15) is 26.7 Å². The molecule has 0 aromatic rings. The van der Waals surface area contributed by atoms with E-state index in [-0.39, 0.29) is 18.2 Å². The van der Waals surface area contributed by atoms with E-state index >= 15 is 0 Å². The van der Waals surface area contributed by atoms with Crippen molar-refractivity contribution in [2.24, 2.45) is 0 Å². The maximum Gasteiger partial charge on any atom is 0.302 e. The lowest BCUT2D eigenvalue weighted by Crippen LogP contribution is -2.37. The Labute approximate surface area is 77.2 Å². The van der Waals surface area contributed by atoms with Crippen molar-refractivity contribution in [2.45, 2.75) is 45.0 Å². The SMILES string of the molecule is CC(=O)OC1CC(C)OC(CF)C1. The summed E-state index contributed by atoms with van der Waals surface area (Å²) < 4.78 is 22.6. The Hall–Kier alpha value is -0.640. The first-order valence-corrected chi connectivity index (χ1v) is 4.50. The zero-order valence-electron chi connectivity index (χ0n) is 7.96. The van der Waals surface area contributed by atoms with E-state index < -0.39 is 12.8 Å². The molecule has 13 heavy (non-hydrogen) atoms. The number of rotatable bonds is 2. The second-order valence-corrected chi connectivity index (χ2v) is 3.43. The van der Waals surface area contributed by atoms with Crippen LogP contribution in [0.3, 0.4) is 0 Å². The lowest BCUT2D eigenvalue weighted by molar-refractivity contribution is -0.159. The number of hydrogen-bond donors (Lipinski definition) is 0. The molecule has 1 heterocycles. The van der Waals surface area contributed by atoms with Gasteiger partial charge < -0.3 is 9.47 Å². The van der Waals surface area contributed by atoms with E-state index in [1.54, 1.807) is 0 Å². The Kier molecular flexibility index (Phi) is 3.66. The highest BCUT2D eigenvalue weighted by atomic mass is 19.1. The summed E-state index contributed by atoms with van der Waals surface area (Å²) in [6.07, 6.45) is 0.519. The van der Waals surface area contributed by atoms with Crippen molar-refractivity contribution in [2.75, 3.05) is 6.67 Å². The van der Waals surface area contributed by atoms with E-state index in [1.807, 2.05) is 6.92 Å². The second-order valence-electron chi connectivity index (χ2n) is 3.43. The molecule has 1 aliphatic rings. The molecule has 3 unspecified atom stereocenters. The van der Waals surface area contributed by atoms with E-state index in [0.717, 1.165) is 0 Å². The lowest BCUT2D eigenvalue weighted by atomic mass is 10.0. The van der Waals surface area contributed by atoms with Gasteiger partial charge in [-0.25, -0.2) is 4.39 Å². The van der Waals surface area contributed by atoms with Gasteiger partial charge in [0.25, 0.3) is 0 Å². The Morgan fingerprint density at radius 3 is 2.85 bits per heavy atom. The van der Waals surface area contributed by atoms with E-state index in [9.17, 15) is 9.18 Å². The molecule has 0 aromatic carbocycles. The van der Waals surface area contributed by atoms with Crippen molar-refractivity contribution < 1.29 is 18.7 Å². The number of carbonyl (C=O) groups excluding carboxylic acids is 1. The molecule has 1 fully saturated rings. The number of hydrogen-bond acceptors (Lipinski definition) is 3. The summed E-state index contributed by atoms with van der Waals surface area (Å²) in [6.45, 7) is 2.71. The van der Waals surface area contributed by atoms with E-state index in [2.05, 4.69) is 0 Å². The van der Waals surface area contributed by atoms with E-state index in [4.69, 9.17) is 9.47 Å². The van der Waals surface area contributed by atoms with Gasteiger partial charge in [-0.3, -0.25) is 4.79 Å². The number of alkyl halides is 1. The van der Waals surface area contributed by atoms with Gasteiger partial charge in [-0.15, -0.1) is 0 Å². The van der Waals surface area contributed by atoms with Crippen LogP contribution >= 0.6 is 0 Å². The van der Waals surface area contributed by atoms with Crippen LogP contribution in [0.4, 0.5) is 4.39 Å². The highest BCUT2D eigenvalue weighted by Crippen LogP contribution is 2.22. The minimum Gasteiger partial charge on any atom is -0.462 e. The number of ether oxygens (including phenoxy) is 2. The van der Waals surface area contributed by atoms with Crippen LogP contribution in [-0.4, -0.2) is 31.0 Å². The van der Waals surface area contributed by atoms with Gasteiger partial charge in [0.15, 0.2) is 0 Å². The molecule has 0 aromatic heterocycles. The van der Waals surface area contributed by atoms with Crippen molar-refractivity contribution in [3.63, 3.8) is 0 Å². The zero-order chi connectivity index (χ0) is 9.84. The van der Waals surface area contributed by atoms with Crippen LogP contribution in [-0.2, 0) is 14.3 Å². The molecule has 76 valence electrons. The lowest BCUT2D eigenvalue weighted by Gasteiger charge is -2.31. The monoisotopic (exact) mass is 190 g/mol. The first kappa shape index (κ1) is 10.4. The Morgan fingerprint density at radius 1 is 1.62 bits per heavy atom. The van der Waals surface area contributed by atoms with Gasteiger partial charge in [0, 0.05) is 19.8 Å². The maximum absolute atomic E-state index is 12.3. The van der Waals surface area contributed by atoms with Crippen LogP contribution in [0.15, 0.2) is 0 Å². The van der Waals surface area contributed by atoms with Gasteiger partial charge in [0.05, 0.1) is 12.2 Å². The summed E-state index contributed by atoms with van der Waals surface area (Å²) in [7, 11) is 0. The van der Waals surface area contributed by atoms with E-state index in [0.29, 0.717) is 12.8 Å². The summed E-state index contributed by atoms with van der Waals surface area (Å²) in [6, 6.07) is 0. The van der Waals surface area contributed by atoms with Crippen molar-refractivity contribution in [1.29, 1.82) is 0 Å². The fourth-order valence-corrected chi connectivity index (χ4v) is 1.63. The smallest absolute Gasteiger partial charge is 0.302 e. The Balaban J connectivity index is 2.42. The third-order valence-corrected chi connectivity index (χ3v) is 2.05. The van der Waals surface area contributed by atoms with Gasteiger partial charge in [-0.1, -0.05) is 0 Å². The fraction of sp³-hybridized carbons (Fsp3) is 0.889. The van der Waals surface area contributed by atoms with Gasteiger partial charge in [-0.2, -0.15) is 0 Å². The minimum absolute atomic E-state index is 0.0288. The fourth-order valence-electron chi connectivity index (χ4n) is 1.63. The summed E-state index contributed by atoms with van der Waals surface area (Å²) >= 11 is 0. The van der Waals surface area contributed by atoms with Crippen LogP contribution < -0.4 is 0 Å². The first-order chi connectivity index (χ1) is 6.11. The molecular formula is C9H15FO3.